The van der Waals surface area contributed by atoms with E-state index in [4.69, 9.17) is 0 Å². The summed E-state index contributed by atoms with van der Waals surface area (Å²) in [6.45, 7) is 5.76. The van der Waals surface area contributed by atoms with Crippen molar-refractivity contribution in [2.24, 2.45) is 0 Å². The van der Waals surface area contributed by atoms with E-state index in [-0.39, 0.29) is 6.04 Å². The Morgan fingerprint density at radius 3 is 2.40 bits per heavy atom. The van der Waals surface area contributed by atoms with Crippen LogP contribution in [0.3, 0.4) is 0 Å². The van der Waals surface area contributed by atoms with Gasteiger partial charge in [0, 0.05) is 11.1 Å². The second kappa shape index (κ2) is 5.40. The molecule has 2 heterocycles. The monoisotopic (exact) mass is 301 g/mol. The summed E-state index contributed by atoms with van der Waals surface area (Å²) in [4.78, 5) is 9.19. The summed E-state index contributed by atoms with van der Waals surface area (Å²) in [6.07, 6.45) is -3.53. The quantitative estimate of drug-likeness (QED) is 0.916. The van der Waals surface area contributed by atoms with E-state index >= 15 is 0 Å². The molecule has 108 valence electrons. The van der Waals surface area contributed by atoms with E-state index in [1.165, 1.54) is 6.07 Å². The van der Waals surface area contributed by atoms with E-state index in [0.717, 1.165) is 27.8 Å². The van der Waals surface area contributed by atoms with Gasteiger partial charge in [-0.3, -0.25) is 0 Å². The van der Waals surface area contributed by atoms with Crippen LogP contribution in [-0.2, 0) is 6.18 Å². The van der Waals surface area contributed by atoms with E-state index in [1.54, 1.807) is 11.3 Å². The van der Waals surface area contributed by atoms with Crippen LogP contribution in [0, 0.1) is 13.8 Å². The number of thiazole rings is 1. The number of halogens is 3. The molecule has 1 N–H and O–H groups in total. The van der Waals surface area contributed by atoms with Crippen LogP contribution in [0.1, 0.15) is 34.1 Å². The molecule has 0 saturated heterocycles. The van der Waals surface area contributed by atoms with E-state index in [1.807, 2.05) is 20.8 Å². The highest BCUT2D eigenvalue weighted by Crippen LogP contribution is 2.30. The van der Waals surface area contributed by atoms with Crippen LogP contribution in [0.4, 0.5) is 19.0 Å². The number of nitrogens with one attached hydrogen (secondary N) is 1. The Kier molecular flexibility index (Phi) is 3.99. The maximum Gasteiger partial charge on any atom is 0.417 e. The minimum absolute atomic E-state index is 0.0505. The number of hydrogen-bond donors (Lipinski definition) is 1. The summed E-state index contributed by atoms with van der Waals surface area (Å²) < 4.78 is 37.3. The molecule has 0 aliphatic carbocycles. The zero-order valence-electron chi connectivity index (χ0n) is 11.2. The second-order valence-corrected chi connectivity index (χ2v) is 5.71. The third-order valence-corrected chi connectivity index (χ3v) is 4.04. The van der Waals surface area contributed by atoms with Crippen molar-refractivity contribution in [3.8, 4) is 0 Å². The lowest BCUT2D eigenvalue weighted by Gasteiger charge is -2.14. The lowest BCUT2D eigenvalue weighted by Crippen LogP contribution is -2.09. The minimum atomic E-state index is -4.36. The molecule has 0 aliphatic rings. The van der Waals surface area contributed by atoms with Gasteiger partial charge in [-0.1, -0.05) is 0 Å². The molecule has 0 aliphatic heterocycles. The summed E-state index contributed by atoms with van der Waals surface area (Å²) in [6, 6.07) is 2.31. The molecule has 0 spiro atoms. The summed E-state index contributed by atoms with van der Waals surface area (Å²) in [5, 5.41) is 4.05. The van der Waals surface area contributed by atoms with Crippen molar-refractivity contribution in [1.82, 2.24) is 9.97 Å². The van der Waals surface area contributed by atoms with Gasteiger partial charge < -0.3 is 5.32 Å². The lowest BCUT2D eigenvalue weighted by atomic mass is 10.2. The molecule has 2 aromatic rings. The molecule has 0 aromatic carbocycles. The lowest BCUT2D eigenvalue weighted by molar-refractivity contribution is -0.137. The summed E-state index contributed by atoms with van der Waals surface area (Å²) >= 11 is 1.57. The number of aromatic nitrogens is 2. The van der Waals surface area contributed by atoms with E-state index in [0.29, 0.717) is 5.82 Å². The Hall–Kier alpha value is -1.63. The van der Waals surface area contributed by atoms with Crippen LogP contribution in [0.25, 0.3) is 0 Å². The number of alkyl halides is 3. The van der Waals surface area contributed by atoms with Crippen molar-refractivity contribution in [2.75, 3.05) is 5.32 Å². The van der Waals surface area contributed by atoms with Gasteiger partial charge in [-0.25, -0.2) is 9.97 Å². The SMILES string of the molecule is Cc1nc(C)c(C(C)Nc2ccc(C(F)(F)F)cn2)s1. The highest BCUT2D eigenvalue weighted by molar-refractivity contribution is 7.11. The first-order valence-corrected chi connectivity index (χ1v) is 6.82. The molecule has 1 unspecified atom stereocenters. The maximum absolute atomic E-state index is 12.4. The van der Waals surface area contributed by atoms with Crippen molar-refractivity contribution in [3.63, 3.8) is 0 Å². The van der Waals surface area contributed by atoms with Gasteiger partial charge in [0.2, 0.25) is 0 Å². The number of nitrogens with zero attached hydrogens (tertiary/aromatic N) is 2. The summed E-state index contributed by atoms with van der Waals surface area (Å²) in [5.41, 5.74) is 0.180. The van der Waals surface area contributed by atoms with Gasteiger partial charge >= 0.3 is 6.18 Å². The fourth-order valence-electron chi connectivity index (χ4n) is 1.88. The first-order valence-electron chi connectivity index (χ1n) is 6.01. The van der Waals surface area contributed by atoms with Gasteiger partial charge in [0.05, 0.1) is 22.3 Å². The fraction of sp³-hybridized carbons (Fsp3) is 0.385. The van der Waals surface area contributed by atoms with Crippen molar-refractivity contribution in [1.29, 1.82) is 0 Å². The Morgan fingerprint density at radius 1 is 1.25 bits per heavy atom. The van der Waals surface area contributed by atoms with Gasteiger partial charge in [0.1, 0.15) is 5.82 Å². The molecular weight excluding hydrogens is 287 g/mol. The van der Waals surface area contributed by atoms with Crippen LogP contribution < -0.4 is 5.32 Å². The highest BCUT2D eigenvalue weighted by Gasteiger charge is 2.30. The molecule has 3 nitrogen and oxygen atoms in total. The van der Waals surface area contributed by atoms with Crippen molar-refractivity contribution in [3.05, 3.63) is 39.5 Å². The zero-order chi connectivity index (χ0) is 14.9. The smallest absolute Gasteiger partial charge is 0.363 e. The predicted molar refractivity (Wildman–Crippen MR) is 72.9 cm³/mol. The standard InChI is InChI=1S/C13H14F3N3S/c1-7-12(20-9(3)18-7)8(2)19-11-5-4-10(6-17-11)13(14,15)16/h4-6,8H,1-3H3,(H,17,19). The molecule has 0 bridgehead atoms. The van der Waals surface area contributed by atoms with Gasteiger partial charge in [-0.2, -0.15) is 13.2 Å². The van der Waals surface area contributed by atoms with E-state index in [2.05, 4.69) is 15.3 Å². The predicted octanol–water partition coefficient (Wildman–Crippen LogP) is 4.35. The Bertz CT molecular complexity index is 590. The Morgan fingerprint density at radius 2 is 1.95 bits per heavy atom. The first kappa shape index (κ1) is 14.8. The fourth-order valence-corrected chi connectivity index (χ4v) is 2.81. The second-order valence-electron chi connectivity index (χ2n) is 4.48. The Balaban J connectivity index is 2.12. The van der Waals surface area contributed by atoms with Crippen molar-refractivity contribution < 1.29 is 13.2 Å². The first-order chi connectivity index (χ1) is 9.27. The third kappa shape index (κ3) is 3.27. The van der Waals surface area contributed by atoms with Gasteiger partial charge in [-0.15, -0.1) is 11.3 Å². The van der Waals surface area contributed by atoms with Gasteiger partial charge in [-0.05, 0) is 32.9 Å². The van der Waals surface area contributed by atoms with Crippen LogP contribution in [0.5, 0.6) is 0 Å². The van der Waals surface area contributed by atoms with Crippen LogP contribution in [-0.4, -0.2) is 9.97 Å². The average Bonchev–Trinajstić information content (AvgIpc) is 2.68. The topological polar surface area (TPSA) is 37.8 Å². The number of anilines is 1. The normalized spacial score (nSPS) is 13.3. The molecule has 0 radical (unpaired) electrons. The van der Waals surface area contributed by atoms with E-state index in [9.17, 15) is 13.2 Å². The number of pyridine rings is 1. The molecule has 0 amide bonds. The molecular formula is C13H14F3N3S. The molecule has 0 fully saturated rings. The largest absolute Gasteiger partial charge is 0.417 e. The number of rotatable bonds is 3. The number of aryl methyl sites for hydroxylation is 2. The van der Waals surface area contributed by atoms with Crippen LogP contribution in [0.15, 0.2) is 18.3 Å². The maximum atomic E-state index is 12.4. The number of hydrogen-bond acceptors (Lipinski definition) is 4. The molecule has 20 heavy (non-hydrogen) atoms. The molecule has 7 heteroatoms. The third-order valence-electron chi connectivity index (χ3n) is 2.79. The minimum Gasteiger partial charge on any atom is -0.363 e. The summed E-state index contributed by atoms with van der Waals surface area (Å²) in [7, 11) is 0. The van der Waals surface area contributed by atoms with Crippen molar-refractivity contribution in [2.45, 2.75) is 33.0 Å². The molecule has 2 aromatic heterocycles. The Labute approximate surface area is 118 Å². The molecule has 2 rings (SSSR count). The highest BCUT2D eigenvalue weighted by atomic mass is 32.1. The zero-order valence-corrected chi connectivity index (χ0v) is 12.1. The van der Waals surface area contributed by atoms with E-state index < -0.39 is 11.7 Å². The summed E-state index contributed by atoms with van der Waals surface area (Å²) in [5.74, 6) is 0.413. The van der Waals surface area contributed by atoms with Crippen LogP contribution in [0.2, 0.25) is 0 Å². The van der Waals surface area contributed by atoms with Gasteiger partial charge in [0.25, 0.3) is 0 Å². The molecule has 1 atom stereocenters. The molecule has 0 saturated carbocycles. The van der Waals surface area contributed by atoms with Crippen LogP contribution >= 0.6 is 11.3 Å². The average molecular weight is 301 g/mol. The van der Waals surface area contributed by atoms with Gasteiger partial charge in [0.15, 0.2) is 0 Å². The van der Waals surface area contributed by atoms with Crippen molar-refractivity contribution >= 4 is 17.2 Å².